The van der Waals surface area contributed by atoms with Gasteiger partial charge in [0, 0.05) is 18.6 Å². The highest BCUT2D eigenvalue weighted by Gasteiger charge is 2.39. The lowest BCUT2D eigenvalue weighted by Crippen LogP contribution is -2.57. The van der Waals surface area contributed by atoms with Crippen molar-refractivity contribution in [1.29, 1.82) is 0 Å². The van der Waals surface area contributed by atoms with E-state index in [1.165, 1.54) is 51.5 Å². The molecule has 1 N–H and O–H groups in total. The minimum atomic E-state index is 0.421. The van der Waals surface area contributed by atoms with Crippen LogP contribution in [-0.4, -0.2) is 49.3 Å². The van der Waals surface area contributed by atoms with Gasteiger partial charge < -0.3 is 10.1 Å². The standard InChI is InChI=1S/C18H34N2O/c1-3-10-19-18(15-8-6-14(2)7-9-15)17-12-20-11-4-5-16(20)13-21-17/h14-19H,3-13H2,1-2H3. The molecule has 0 spiro atoms. The highest BCUT2D eigenvalue weighted by atomic mass is 16.5. The lowest BCUT2D eigenvalue weighted by molar-refractivity contribution is -0.0765. The molecule has 0 aromatic carbocycles. The van der Waals surface area contributed by atoms with Crippen LogP contribution in [0.2, 0.25) is 0 Å². The van der Waals surface area contributed by atoms with Gasteiger partial charge in [-0.25, -0.2) is 0 Å². The van der Waals surface area contributed by atoms with E-state index in [-0.39, 0.29) is 0 Å². The molecule has 1 aliphatic carbocycles. The van der Waals surface area contributed by atoms with E-state index in [2.05, 4.69) is 24.1 Å². The molecule has 3 unspecified atom stereocenters. The Hall–Kier alpha value is -0.120. The van der Waals surface area contributed by atoms with Crippen LogP contribution in [0.4, 0.5) is 0 Å². The van der Waals surface area contributed by atoms with Gasteiger partial charge in [-0.05, 0) is 57.0 Å². The Morgan fingerprint density at radius 3 is 2.76 bits per heavy atom. The Balaban J connectivity index is 1.61. The Morgan fingerprint density at radius 1 is 1.19 bits per heavy atom. The average molecular weight is 294 g/mol. The van der Waals surface area contributed by atoms with Crippen molar-refractivity contribution in [3.05, 3.63) is 0 Å². The number of hydrogen-bond acceptors (Lipinski definition) is 3. The summed E-state index contributed by atoms with van der Waals surface area (Å²) in [6.07, 6.45) is 9.97. The van der Waals surface area contributed by atoms with Gasteiger partial charge in [0.15, 0.2) is 0 Å². The van der Waals surface area contributed by atoms with Crippen LogP contribution in [0.25, 0.3) is 0 Å². The lowest BCUT2D eigenvalue weighted by atomic mass is 9.77. The van der Waals surface area contributed by atoms with Crippen molar-refractivity contribution < 1.29 is 4.74 Å². The molecule has 2 aliphatic heterocycles. The van der Waals surface area contributed by atoms with Gasteiger partial charge in [0.2, 0.25) is 0 Å². The van der Waals surface area contributed by atoms with E-state index in [1.807, 2.05) is 0 Å². The predicted molar refractivity (Wildman–Crippen MR) is 87.5 cm³/mol. The normalized spacial score (nSPS) is 39.1. The summed E-state index contributed by atoms with van der Waals surface area (Å²) in [5, 5.41) is 3.85. The topological polar surface area (TPSA) is 24.5 Å². The molecule has 0 aromatic rings. The predicted octanol–water partition coefficient (Wildman–Crippen LogP) is 3.04. The Labute approximate surface area is 130 Å². The summed E-state index contributed by atoms with van der Waals surface area (Å²) in [5.74, 6) is 1.76. The lowest BCUT2D eigenvalue weighted by Gasteiger charge is -2.43. The van der Waals surface area contributed by atoms with Gasteiger partial charge in [-0.1, -0.05) is 26.7 Å². The van der Waals surface area contributed by atoms with E-state index >= 15 is 0 Å². The molecule has 0 radical (unpaired) electrons. The molecule has 1 saturated carbocycles. The fraction of sp³-hybridized carbons (Fsp3) is 1.00. The second-order valence-corrected chi connectivity index (χ2v) is 7.66. The fourth-order valence-electron chi connectivity index (χ4n) is 4.62. The first kappa shape index (κ1) is 15.8. The van der Waals surface area contributed by atoms with E-state index in [9.17, 15) is 0 Å². The molecule has 3 fully saturated rings. The van der Waals surface area contributed by atoms with Crippen LogP contribution in [0.15, 0.2) is 0 Å². The molecule has 3 atom stereocenters. The van der Waals surface area contributed by atoms with Crippen molar-refractivity contribution >= 4 is 0 Å². The fourth-order valence-corrected chi connectivity index (χ4v) is 4.62. The number of morpholine rings is 1. The third-order valence-corrected chi connectivity index (χ3v) is 6.02. The number of hydrogen-bond donors (Lipinski definition) is 1. The third kappa shape index (κ3) is 3.80. The van der Waals surface area contributed by atoms with E-state index in [0.29, 0.717) is 12.1 Å². The summed E-state index contributed by atoms with van der Waals surface area (Å²) in [5.41, 5.74) is 0. The maximum Gasteiger partial charge on any atom is 0.0858 e. The number of fused-ring (bicyclic) bond motifs is 1. The van der Waals surface area contributed by atoms with Gasteiger partial charge in [0.1, 0.15) is 0 Å². The van der Waals surface area contributed by atoms with E-state index in [1.54, 1.807) is 0 Å². The minimum Gasteiger partial charge on any atom is -0.374 e. The zero-order valence-electron chi connectivity index (χ0n) is 14.0. The summed E-state index contributed by atoms with van der Waals surface area (Å²) < 4.78 is 6.33. The van der Waals surface area contributed by atoms with Crippen LogP contribution in [0.3, 0.4) is 0 Å². The van der Waals surface area contributed by atoms with Crippen LogP contribution < -0.4 is 5.32 Å². The SMILES string of the molecule is CCCNC(C1CCC(C)CC1)C1CN2CCCC2CO1. The van der Waals surface area contributed by atoms with Gasteiger partial charge in [-0.2, -0.15) is 0 Å². The summed E-state index contributed by atoms with van der Waals surface area (Å²) in [7, 11) is 0. The molecular weight excluding hydrogens is 260 g/mol. The summed E-state index contributed by atoms with van der Waals surface area (Å²) in [4.78, 5) is 2.69. The first-order chi connectivity index (χ1) is 10.3. The van der Waals surface area contributed by atoms with Crippen molar-refractivity contribution in [2.45, 2.75) is 77.0 Å². The molecule has 0 aromatic heterocycles. The largest absolute Gasteiger partial charge is 0.374 e. The molecule has 3 aliphatic rings. The molecule has 0 amide bonds. The second kappa shape index (κ2) is 7.43. The number of nitrogens with zero attached hydrogens (tertiary/aromatic N) is 1. The van der Waals surface area contributed by atoms with Gasteiger partial charge in [-0.3, -0.25) is 4.90 Å². The van der Waals surface area contributed by atoms with Gasteiger partial charge in [0.25, 0.3) is 0 Å². The van der Waals surface area contributed by atoms with Crippen LogP contribution in [0.1, 0.15) is 58.8 Å². The molecule has 122 valence electrons. The first-order valence-corrected chi connectivity index (χ1v) is 9.37. The van der Waals surface area contributed by atoms with Crippen molar-refractivity contribution in [3.63, 3.8) is 0 Å². The maximum atomic E-state index is 6.33. The number of ether oxygens (including phenoxy) is 1. The molecule has 21 heavy (non-hydrogen) atoms. The minimum absolute atomic E-state index is 0.421. The second-order valence-electron chi connectivity index (χ2n) is 7.66. The zero-order chi connectivity index (χ0) is 14.7. The van der Waals surface area contributed by atoms with Crippen molar-refractivity contribution in [1.82, 2.24) is 10.2 Å². The molecule has 3 rings (SSSR count). The molecule has 0 bridgehead atoms. The van der Waals surface area contributed by atoms with Crippen molar-refractivity contribution in [2.24, 2.45) is 11.8 Å². The van der Waals surface area contributed by atoms with E-state index in [0.717, 1.165) is 37.6 Å². The van der Waals surface area contributed by atoms with Crippen molar-refractivity contribution in [2.75, 3.05) is 26.2 Å². The van der Waals surface area contributed by atoms with Crippen LogP contribution >= 0.6 is 0 Å². The third-order valence-electron chi connectivity index (χ3n) is 6.02. The zero-order valence-corrected chi connectivity index (χ0v) is 14.0. The average Bonchev–Trinajstić information content (AvgIpc) is 2.97. The smallest absolute Gasteiger partial charge is 0.0858 e. The highest BCUT2D eigenvalue weighted by Crippen LogP contribution is 2.34. The summed E-state index contributed by atoms with van der Waals surface area (Å²) in [6.45, 7) is 9.25. The summed E-state index contributed by atoms with van der Waals surface area (Å²) >= 11 is 0. The number of rotatable bonds is 5. The van der Waals surface area contributed by atoms with Gasteiger partial charge >= 0.3 is 0 Å². The van der Waals surface area contributed by atoms with Crippen LogP contribution in [-0.2, 0) is 4.74 Å². The molecule has 2 saturated heterocycles. The Kier molecular flexibility index (Phi) is 5.58. The van der Waals surface area contributed by atoms with E-state index in [4.69, 9.17) is 4.74 Å². The van der Waals surface area contributed by atoms with Crippen LogP contribution in [0.5, 0.6) is 0 Å². The molecule has 2 heterocycles. The maximum absolute atomic E-state index is 6.33. The Morgan fingerprint density at radius 2 is 2.00 bits per heavy atom. The highest BCUT2D eigenvalue weighted by molar-refractivity contribution is 4.93. The monoisotopic (exact) mass is 294 g/mol. The van der Waals surface area contributed by atoms with Gasteiger partial charge in [0.05, 0.1) is 12.7 Å². The molecule has 3 nitrogen and oxygen atoms in total. The van der Waals surface area contributed by atoms with Gasteiger partial charge in [-0.15, -0.1) is 0 Å². The first-order valence-electron chi connectivity index (χ1n) is 9.37. The Bertz CT molecular complexity index is 314. The van der Waals surface area contributed by atoms with E-state index < -0.39 is 0 Å². The quantitative estimate of drug-likeness (QED) is 0.843. The number of nitrogens with one attached hydrogen (secondary N) is 1. The summed E-state index contributed by atoms with van der Waals surface area (Å²) in [6, 6.07) is 1.30. The van der Waals surface area contributed by atoms with Crippen LogP contribution in [0, 0.1) is 11.8 Å². The molecular formula is C18H34N2O. The van der Waals surface area contributed by atoms with Crippen molar-refractivity contribution in [3.8, 4) is 0 Å². The molecule has 3 heteroatoms.